The van der Waals surface area contributed by atoms with Gasteiger partial charge in [0, 0.05) is 17.1 Å². The lowest BCUT2D eigenvalue weighted by Gasteiger charge is -2.18. The summed E-state index contributed by atoms with van der Waals surface area (Å²) in [5.74, 6) is 0. The number of nitrogen functional groups attached to an aromatic ring is 3. The van der Waals surface area contributed by atoms with Gasteiger partial charge >= 0.3 is 17.1 Å². The van der Waals surface area contributed by atoms with Crippen LogP contribution in [0.2, 0.25) is 0 Å². The van der Waals surface area contributed by atoms with Crippen molar-refractivity contribution >= 4 is 17.1 Å². The molecule has 33 heavy (non-hydrogen) atoms. The van der Waals surface area contributed by atoms with Crippen molar-refractivity contribution in [2.75, 3.05) is 17.2 Å². The van der Waals surface area contributed by atoms with E-state index in [2.05, 4.69) is 0 Å². The van der Waals surface area contributed by atoms with Gasteiger partial charge in [0.15, 0.2) is 0 Å². The van der Waals surface area contributed by atoms with Gasteiger partial charge in [-0.3, -0.25) is 0 Å². The first-order valence-corrected chi connectivity index (χ1v) is 10.2. The number of nitrogens with two attached hydrogens (primary N) is 3. The lowest BCUT2D eigenvalue weighted by atomic mass is 10.1. The van der Waals surface area contributed by atoms with Crippen molar-refractivity contribution in [1.29, 1.82) is 0 Å². The minimum absolute atomic E-state index is 0.322. The number of rotatable bonds is 3. The topological polar surface area (TPSA) is 144 Å². The van der Waals surface area contributed by atoms with Crippen LogP contribution in [0.15, 0.2) is 69.0 Å². The summed E-state index contributed by atoms with van der Waals surface area (Å²) in [6.45, 7) is 5.21. The number of aryl methyl sites for hydroxylation is 3. The van der Waals surface area contributed by atoms with E-state index in [0.717, 1.165) is 13.7 Å². The molecule has 0 aliphatic carbocycles. The van der Waals surface area contributed by atoms with Gasteiger partial charge in [-0.05, 0) is 92.1 Å². The molecule has 1 aromatic heterocycles. The summed E-state index contributed by atoms with van der Waals surface area (Å²) in [5, 5.41) is 0. The molecule has 0 bridgehead atoms. The summed E-state index contributed by atoms with van der Waals surface area (Å²) in [6.07, 6.45) is 0. The minimum Gasteiger partial charge on any atom is -0.399 e. The smallest absolute Gasteiger partial charge is 0.345 e. The van der Waals surface area contributed by atoms with Crippen molar-refractivity contribution in [3.63, 3.8) is 0 Å². The fraction of sp³-hybridized carbons (Fsp3) is 0.125. The van der Waals surface area contributed by atoms with Crippen LogP contribution in [0.3, 0.4) is 0 Å². The van der Waals surface area contributed by atoms with Crippen LogP contribution in [0.5, 0.6) is 0 Å². The van der Waals surface area contributed by atoms with Gasteiger partial charge in [-0.1, -0.05) is 0 Å². The fourth-order valence-corrected chi connectivity index (χ4v) is 3.95. The molecule has 0 aliphatic rings. The van der Waals surface area contributed by atoms with E-state index in [4.69, 9.17) is 17.2 Å². The predicted octanol–water partition coefficient (Wildman–Crippen LogP) is 1.81. The molecule has 0 fully saturated rings. The van der Waals surface area contributed by atoms with Crippen LogP contribution in [0, 0.1) is 20.8 Å². The van der Waals surface area contributed by atoms with Gasteiger partial charge in [0.2, 0.25) is 0 Å². The molecule has 1 heterocycles. The number of hydrogen-bond acceptors (Lipinski definition) is 6. The largest absolute Gasteiger partial charge is 0.399 e. The van der Waals surface area contributed by atoms with E-state index in [1.54, 1.807) is 75.4 Å². The number of aromatic nitrogens is 3. The third-order valence-corrected chi connectivity index (χ3v) is 5.53. The van der Waals surface area contributed by atoms with E-state index in [1.165, 1.54) is 0 Å². The van der Waals surface area contributed by atoms with Crippen LogP contribution in [-0.4, -0.2) is 13.7 Å². The minimum atomic E-state index is -0.796. The third-order valence-electron chi connectivity index (χ3n) is 5.53. The average molecular weight is 444 g/mol. The Morgan fingerprint density at radius 1 is 0.485 bits per heavy atom. The fourth-order valence-electron chi connectivity index (χ4n) is 3.95. The normalized spacial score (nSPS) is 11.0. The van der Waals surface area contributed by atoms with Crippen LogP contribution in [0.25, 0.3) is 17.1 Å². The van der Waals surface area contributed by atoms with Gasteiger partial charge in [0.05, 0.1) is 17.1 Å². The van der Waals surface area contributed by atoms with E-state index < -0.39 is 17.1 Å². The molecule has 9 nitrogen and oxygen atoms in total. The Kier molecular flexibility index (Phi) is 5.17. The molecule has 0 saturated heterocycles. The first kappa shape index (κ1) is 21.7. The molecular formula is C24H24N6O3. The average Bonchev–Trinajstić information content (AvgIpc) is 2.72. The molecule has 9 heteroatoms. The molecule has 3 aromatic carbocycles. The second-order valence-corrected chi connectivity index (χ2v) is 7.99. The highest BCUT2D eigenvalue weighted by molar-refractivity contribution is 5.54. The molecular weight excluding hydrogens is 420 g/mol. The molecule has 168 valence electrons. The zero-order valence-electron chi connectivity index (χ0n) is 18.5. The maximum Gasteiger partial charge on any atom is 0.345 e. The molecule has 0 atom stereocenters. The van der Waals surface area contributed by atoms with Crippen molar-refractivity contribution in [2.45, 2.75) is 20.8 Å². The van der Waals surface area contributed by atoms with Crippen LogP contribution in [-0.2, 0) is 0 Å². The van der Waals surface area contributed by atoms with Crippen molar-refractivity contribution in [3.8, 4) is 17.1 Å². The monoisotopic (exact) mass is 444 g/mol. The number of hydrogen-bond donors (Lipinski definition) is 3. The standard InChI is InChI=1S/C24H24N6O3/c1-13-10-16(25)4-7-19(13)28-22(31)29(20-8-5-17(26)11-14(20)2)24(33)30(23(28)32)21-9-6-18(27)12-15(21)3/h4-12H,25-27H2,1-3H3. The van der Waals surface area contributed by atoms with Gasteiger partial charge in [-0.15, -0.1) is 0 Å². The Morgan fingerprint density at radius 2 is 0.727 bits per heavy atom. The lowest BCUT2D eigenvalue weighted by molar-refractivity contribution is 0.655. The Bertz CT molecular complexity index is 1370. The van der Waals surface area contributed by atoms with E-state index in [9.17, 15) is 14.4 Å². The van der Waals surface area contributed by atoms with Gasteiger partial charge < -0.3 is 17.2 Å². The molecule has 4 rings (SSSR count). The number of benzene rings is 3. The number of anilines is 3. The van der Waals surface area contributed by atoms with E-state index in [-0.39, 0.29) is 0 Å². The lowest BCUT2D eigenvalue weighted by Crippen LogP contribution is -2.53. The highest BCUT2D eigenvalue weighted by Gasteiger charge is 2.22. The summed E-state index contributed by atoms with van der Waals surface area (Å²) < 4.78 is 2.92. The maximum absolute atomic E-state index is 13.6. The van der Waals surface area contributed by atoms with Crippen LogP contribution in [0.4, 0.5) is 17.1 Å². The molecule has 0 aliphatic heterocycles. The van der Waals surface area contributed by atoms with E-state index in [1.807, 2.05) is 0 Å². The molecule has 6 N–H and O–H groups in total. The SMILES string of the molecule is Cc1cc(N)ccc1-n1c(=O)n(-c2ccc(N)cc2C)c(=O)n(-c2ccc(N)cc2C)c1=O. The van der Waals surface area contributed by atoms with Gasteiger partial charge in [-0.25, -0.2) is 28.1 Å². The van der Waals surface area contributed by atoms with E-state index in [0.29, 0.717) is 50.8 Å². The second kappa shape index (κ2) is 7.86. The molecule has 0 amide bonds. The molecule has 0 spiro atoms. The van der Waals surface area contributed by atoms with Gasteiger partial charge in [0.25, 0.3) is 0 Å². The van der Waals surface area contributed by atoms with Crippen molar-refractivity contribution in [1.82, 2.24) is 13.7 Å². The van der Waals surface area contributed by atoms with Crippen molar-refractivity contribution in [3.05, 3.63) is 103 Å². The summed E-state index contributed by atoms with van der Waals surface area (Å²) in [7, 11) is 0. The summed E-state index contributed by atoms with van der Waals surface area (Å²) in [6, 6.07) is 14.5. The zero-order chi connectivity index (χ0) is 24.0. The maximum atomic E-state index is 13.6. The zero-order valence-corrected chi connectivity index (χ0v) is 18.5. The van der Waals surface area contributed by atoms with Crippen LogP contribution in [0.1, 0.15) is 16.7 Å². The summed E-state index contributed by atoms with van der Waals surface area (Å²) >= 11 is 0. The van der Waals surface area contributed by atoms with Crippen molar-refractivity contribution in [2.24, 2.45) is 0 Å². The molecule has 0 saturated carbocycles. The Balaban J connectivity index is 2.22. The highest BCUT2D eigenvalue weighted by Crippen LogP contribution is 2.18. The Morgan fingerprint density at radius 3 is 0.939 bits per heavy atom. The quantitative estimate of drug-likeness (QED) is 0.411. The van der Waals surface area contributed by atoms with E-state index >= 15 is 0 Å². The van der Waals surface area contributed by atoms with Crippen molar-refractivity contribution < 1.29 is 0 Å². The Labute approximate surface area is 188 Å². The summed E-state index contributed by atoms with van der Waals surface area (Å²) in [4.78, 5) is 40.9. The second-order valence-electron chi connectivity index (χ2n) is 7.99. The first-order valence-electron chi connectivity index (χ1n) is 10.2. The summed E-state index contributed by atoms with van der Waals surface area (Å²) in [5.41, 5.74) is 19.5. The highest BCUT2D eigenvalue weighted by atomic mass is 16.2. The van der Waals surface area contributed by atoms with Gasteiger partial charge in [0.1, 0.15) is 0 Å². The number of nitrogens with zero attached hydrogens (tertiary/aromatic N) is 3. The Hall–Kier alpha value is -4.53. The van der Waals surface area contributed by atoms with Crippen LogP contribution >= 0.6 is 0 Å². The van der Waals surface area contributed by atoms with Gasteiger partial charge in [-0.2, -0.15) is 0 Å². The molecule has 4 aromatic rings. The van der Waals surface area contributed by atoms with Crippen LogP contribution < -0.4 is 34.3 Å². The predicted molar refractivity (Wildman–Crippen MR) is 131 cm³/mol. The first-order chi connectivity index (χ1) is 15.6. The molecule has 0 radical (unpaired) electrons. The molecule has 0 unspecified atom stereocenters. The third kappa shape index (κ3) is 3.59.